The average molecular weight is 1480 g/mol. The molecule has 6 atom stereocenters. The molecule has 0 aliphatic rings. The highest BCUT2D eigenvalue weighted by atomic mass is 32.2. The summed E-state index contributed by atoms with van der Waals surface area (Å²) < 4.78 is 120. The lowest BCUT2D eigenvalue weighted by Gasteiger charge is -2.33. The van der Waals surface area contributed by atoms with Gasteiger partial charge in [-0.05, 0) is 109 Å². The van der Waals surface area contributed by atoms with Gasteiger partial charge in [0, 0.05) is 55.6 Å². The molecular weight excluding hydrogens is 1410 g/mol. The fourth-order valence-electron chi connectivity index (χ4n) is 9.71. The number of hydrogen-bond acceptors (Lipinski definition) is 28. The number of amides is 3. The molecule has 9 aromatic rings. The van der Waals surface area contributed by atoms with E-state index in [4.69, 9.17) is 28.1 Å². The van der Waals surface area contributed by atoms with Crippen molar-refractivity contribution in [3.05, 3.63) is 177 Å². The summed E-state index contributed by atoms with van der Waals surface area (Å²) in [6, 6.07) is 27.3. The molecule has 101 heavy (non-hydrogen) atoms. The number of phosphoric acid groups is 1. The van der Waals surface area contributed by atoms with Gasteiger partial charge >= 0.3 is 7.82 Å². The lowest BCUT2D eigenvalue weighted by molar-refractivity contribution is -0.140. The van der Waals surface area contributed by atoms with Crippen molar-refractivity contribution >= 4 is 55.1 Å². The van der Waals surface area contributed by atoms with Crippen molar-refractivity contribution in [1.29, 1.82) is 0 Å². The largest absolute Gasteiger partial charge is 0.539 e. The van der Waals surface area contributed by atoms with Gasteiger partial charge in [0.25, 0.3) is 52.0 Å². The van der Waals surface area contributed by atoms with Gasteiger partial charge in [0.1, 0.15) is 36.9 Å². The lowest BCUT2D eigenvalue weighted by Crippen LogP contribution is -2.60. The quantitative estimate of drug-likeness (QED) is 0.0256. The van der Waals surface area contributed by atoms with Crippen LogP contribution in [0.25, 0.3) is 50.4 Å². The van der Waals surface area contributed by atoms with Crippen molar-refractivity contribution < 1.29 is 87.6 Å². The Morgan fingerprint density at radius 3 is 0.871 bits per heavy atom. The van der Waals surface area contributed by atoms with E-state index in [1.165, 1.54) is 108 Å². The van der Waals surface area contributed by atoms with E-state index < -0.39 is 124 Å². The SMILES string of the molecule is COc1cnn(-c2ccc(-c3ccn(C[C@@H](O)[C@](C)(C(=O)NOP(=O)(ONC(=O)[C@@](C)([C@H](O)Cn4ccc(-c5ccc(-n6ncc(OC)n6)cc5)cc4=O)S(C)(=O)=O)ONC(=O)[C@@](C)([C@H](O)Cn4ccc(-c5ccc(-n6ncc(OC)n6)cc5)cc4=O)S(C)(=O)=O)S(C)(=O)=O)c(=O)c3)cc2)n1. The van der Waals surface area contributed by atoms with Crippen molar-refractivity contribution in [3.63, 3.8) is 0 Å². The molecule has 0 saturated heterocycles. The number of hydrogen-bond donors (Lipinski definition) is 6. The number of nitrogens with zero attached hydrogens (tertiary/aromatic N) is 12. The van der Waals surface area contributed by atoms with Gasteiger partial charge in [0.2, 0.25) is 0 Å². The molecule has 0 aliphatic heterocycles. The number of pyridine rings is 3. The van der Waals surface area contributed by atoms with Crippen LogP contribution in [0.1, 0.15) is 20.8 Å². The number of nitrogens with one attached hydrogen (secondary N) is 3. The fraction of sp³-hybridized carbons (Fsp3) is 0.300. The highest BCUT2D eigenvalue weighted by Crippen LogP contribution is 2.47. The third kappa shape index (κ3) is 15.8. The van der Waals surface area contributed by atoms with Gasteiger partial charge in [0.05, 0.1) is 58.0 Å². The third-order valence-electron chi connectivity index (χ3n) is 16.8. The molecule has 3 aromatic carbocycles. The zero-order chi connectivity index (χ0) is 73.8. The molecule has 41 heteroatoms. The highest BCUT2D eigenvalue weighted by molar-refractivity contribution is 7.93. The Labute approximate surface area is 573 Å². The molecule has 0 aliphatic carbocycles. The van der Waals surface area contributed by atoms with Crippen molar-refractivity contribution in [2.24, 2.45) is 0 Å². The number of hydroxylamine groups is 3. The number of benzene rings is 3. The number of carbonyl (C=O) groups is 3. The Morgan fingerprint density at radius 1 is 0.436 bits per heavy atom. The Kier molecular flexibility index (Phi) is 21.8. The summed E-state index contributed by atoms with van der Waals surface area (Å²) in [5, 5.41) is 59.7. The van der Waals surface area contributed by atoms with Crippen LogP contribution in [-0.2, 0) is 82.0 Å². The maximum absolute atomic E-state index is 14.8. The minimum absolute atomic E-state index is 0.250. The predicted octanol–water partition coefficient (Wildman–Crippen LogP) is 0.0851. The number of ether oxygens (including phenoxy) is 3. The van der Waals surface area contributed by atoms with Crippen LogP contribution in [0.3, 0.4) is 0 Å². The first-order valence-electron chi connectivity index (χ1n) is 29.5. The zero-order valence-electron chi connectivity index (χ0n) is 54.8. The molecule has 0 spiro atoms. The normalized spacial score (nSPS) is 14.8. The van der Waals surface area contributed by atoms with Crippen LogP contribution in [0.4, 0.5) is 0 Å². The van der Waals surface area contributed by atoms with E-state index in [1.807, 2.05) is 0 Å². The number of sulfone groups is 3. The van der Waals surface area contributed by atoms with Gasteiger partial charge in [-0.3, -0.25) is 28.8 Å². The van der Waals surface area contributed by atoms with Gasteiger partial charge in [0.15, 0.2) is 43.8 Å². The number of carbonyl (C=O) groups excluding carboxylic acids is 3. The monoisotopic (exact) mass is 1480 g/mol. The molecule has 0 unspecified atom stereocenters. The zero-order valence-corrected chi connectivity index (χ0v) is 58.2. The van der Waals surface area contributed by atoms with E-state index in [1.54, 1.807) is 72.8 Å². The first-order valence-corrected chi connectivity index (χ1v) is 36.6. The minimum atomic E-state index is -6.26. The summed E-state index contributed by atoms with van der Waals surface area (Å²) >= 11 is 0. The summed E-state index contributed by atoms with van der Waals surface area (Å²) in [6.07, 6.45) is 1.83. The molecule has 0 bridgehead atoms. The molecule has 0 fully saturated rings. The van der Waals surface area contributed by atoms with E-state index in [2.05, 4.69) is 30.6 Å². The Hall–Kier alpha value is -10.4. The van der Waals surface area contributed by atoms with Crippen molar-refractivity contribution in [2.75, 3.05) is 40.1 Å². The van der Waals surface area contributed by atoms with Gasteiger partial charge < -0.3 is 43.2 Å². The second-order valence-electron chi connectivity index (χ2n) is 23.1. The number of aliphatic hydroxyl groups excluding tert-OH is 3. The average Bonchev–Trinajstić information content (AvgIpc) is 0.870. The van der Waals surface area contributed by atoms with Crippen LogP contribution >= 0.6 is 7.82 Å². The molecule has 37 nitrogen and oxygen atoms in total. The van der Waals surface area contributed by atoms with Gasteiger partial charge in [-0.1, -0.05) is 36.4 Å². The van der Waals surface area contributed by atoms with E-state index in [-0.39, 0.29) is 17.6 Å². The van der Waals surface area contributed by atoms with Crippen molar-refractivity contribution in [3.8, 4) is 68.1 Å². The van der Waals surface area contributed by atoms with E-state index in [0.717, 1.165) is 31.9 Å². The van der Waals surface area contributed by atoms with Crippen LogP contribution in [0.2, 0.25) is 0 Å². The van der Waals surface area contributed by atoms with E-state index in [9.17, 15) is 73.9 Å². The van der Waals surface area contributed by atoms with Crippen molar-refractivity contribution in [1.82, 2.24) is 75.1 Å². The second-order valence-corrected chi connectivity index (χ2v) is 31.7. The standard InChI is InChI=1S/C60H66N15O22PS3/c1-58(99(7,86)87,46(76)34-70-25-22-40(28-52(70)79)37-10-16-43(17-11-37)73-61-31-49(64-73)92-4)55(82)67-95-98(85,96-68-56(83)59(2,100(8,88)89)47(77)35-71-26-23-41(29-53(71)80)38-12-18-44(19-13-38)74-62-32-50(65-74)93-5)97-69-57(84)60(3,101(9,90)91)48(78)36-72-27-24-42(30-54(72)81)39-14-20-45(21-15-39)75-63-33-51(66-75)94-6/h10-33,46-48,76-78H,34-36H2,1-9H3,(H,67,82)(H,68,83)(H,69,84)/t46-,47-,48-,58-,59-,60-/m1/s1. The number of aliphatic hydroxyl groups is 3. The topological polar surface area (TPSA) is 481 Å². The van der Waals surface area contributed by atoms with Crippen LogP contribution in [0, 0.1) is 0 Å². The third-order valence-corrected chi connectivity index (χ3v) is 23.7. The summed E-state index contributed by atoms with van der Waals surface area (Å²) in [6.45, 7) is -0.902. The van der Waals surface area contributed by atoms with Gasteiger partial charge in [-0.15, -0.1) is 29.7 Å². The predicted molar refractivity (Wildman–Crippen MR) is 356 cm³/mol. The molecule has 6 heterocycles. The summed E-state index contributed by atoms with van der Waals surface area (Å²) in [5.74, 6) is -5.04. The molecule has 6 aromatic heterocycles. The molecule has 0 saturated carbocycles. The molecule has 3 amide bonds. The molecule has 6 N–H and O–H groups in total. The van der Waals surface area contributed by atoms with Gasteiger partial charge in [-0.25, -0.2) is 46.3 Å². The lowest BCUT2D eigenvalue weighted by atomic mass is 10.0. The van der Waals surface area contributed by atoms with Gasteiger partial charge in [-0.2, -0.15) is 29.2 Å². The first-order chi connectivity index (χ1) is 47.5. The highest BCUT2D eigenvalue weighted by Gasteiger charge is 2.55. The Morgan fingerprint density at radius 2 is 0.673 bits per heavy atom. The Bertz CT molecular complexity index is 4680. The van der Waals surface area contributed by atoms with Crippen LogP contribution < -0.4 is 47.3 Å². The number of aromatic nitrogens is 12. The molecule has 536 valence electrons. The molecule has 9 rings (SSSR count). The molecule has 0 radical (unpaired) electrons. The van der Waals surface area contributed by atoms with Crippen LogP contribution in [-0.4, -0.2) is 190 Å². The smallest absolute Gasteiger partial charge is 0.479 e. The van der Waals surface area contributed by atoms with E-state index >= 15 is 0 Å². The first kappa shape index (κ1) is 74.8. The maximum atomic E-state index is 14.8. The summed E-state index contributed by atoms with van der Waals surface area (Å²) in [7, 11) is -16.8. The number of rotatable bonds is 30. The van der Waals surface area contributed by atoms with Crippen molar-refractivity contribution in [2.45, 2.75) is 73.0 Å². The van der Waals surface area contributed by atoms with Crippen LogP contribution in [0.5, 0.6) is 17.6 Å². The fourth-order valence-corrected chi connectivity index (χ4v) is 13.2. The number of methoxy groups -OCH3 is 3. The molecular formula is C60H66N15O22PS3. The summed E-state index contributed by atoms with van der Waals surface area (Å²) in [5.41, 5.74) is 6.02. The Balaban J connectivity index is 0.956. The maximum Gasteiger partial charge on any atom is 0.539 e. The van der Waals surface area contributed by atoms with E-state index in [0.29, 0.717) is 90.0 Å². The summed E-state index contributed by atoms with van der Waals surface area (Å²) in [4.78, 5) is 87.4. The minimum Gasteiger partial charge on any atom is -0.479 e. The van der Waals surface area contributed by atoms with Crippen LogP contribution in [0.15, 0.2) is 161 Å². The second kappa shape index (κ2) is 29.4.